The van der Waals surface area contributed by atoms with E-state index in [1.54, 1.807) is 24.5 Å². The Balaban J connectivity index is 1.52. The highest BCUT2D eigenvalue weighted by Crippen LogP contribution is 2.30. The van der Waals surface area contributed by atoms with Crippen molar-refractivity contribution in [3.63, 3.8) is 0 Å². The Hall–Kier alpha value is -3.02. The summed E-state index contributed by atoms with van der Waals surface area (Å²) in [6.45, 7) is 3.35. The van der Waals surface area contributed by atoms with Crippen molar-refractivity contribution < 1.29 is 9.21 Å². The molecule has 6 heteroatoms. The van der Waals surface area contributed by atoms with Crippen molar-refractivity contribution in [1.29, 1.82) is 0 Å². The van der Waals surface area contributed by atoms with Gasteiger partial charge in [-0.1, -0.05) is 18.2 Å². The van der Waals surface area contributed by atoms with Crippen LogP contribution in [0, 0.1) is 6.92 Å². The zero-order valence-corrected chi connectivity index (χ0v) is 14.6. The van der Waals surface area contributed by atoms with E-state index in [0.29, 0.717) is 23.9 Å². The van der Waals surface area contributed by atoms with Crippen molar-refractivity contribution in [2.24, 2.45) is 0 Å². The third-order valence-electron chi connectivity index (χ3n) is 4.78. The molecule has 1 aliphatic rings. The molecule has 1 aromatic carbocycles. The van der Waals surface area contributed by atoms with Gasteiger partial charge in [-0.05, 0) is 43.5 Å². The number of carbonyl (C=O) groups excluding carboxylic acids is 1. The van der Waals surface area contributed by atoms with Gasteiger partial charge in [-0.25, -0.2) is 0 Å². The van der Waals surface area contributed by atoms with Crippen LogP contribution in [-0.4, -0.2) is 39.1 Å². The Morgan fingerprint density at radius 1 is 1.19 bits per heavy atom. The topological polar surface area (TPSA) is 72.1 Å². The molecule has 1 amide bonds. The number of aryl methyl sites for hydroxylation is 1. The Bertz CT molecular complexity index is 907. The van der Waals surface area contributed by atoms with E-state index in [1.807, 2.05) is 36.1 Å². The van der Waals surface area contributed by atoms with Gasteiger partial charge in [0.2, 0.25) is 11.8 Å². The summed E-state index contributed by atoms with van der Waals surface area (Å²) in [6.07, 6.45) is 5.13. The van der Waals surface area contributed by atoms with E-state index in [9.17, 15) is 4.79 Å². The van der Waals surface area contributed by atoms with Crippen molar-refractivity contribution in [3.05, 3.63) is 65.8 Å². The second-order valence-electron chi connectivity index (χ2n) is 6.59. The van der Waals surface area contributed by atoms with Gasteiger partial charge in [0.15, 0.2) is 0 Å². The highest BCUT2D eigenvalue weighted by atomic mass is 16.4. The summed E-state index contributed by atoms with van der Waals surface area (Å²) in [5, 5.41) is 8.48. The van der Waals surface area contributed by atoms with Crippen molar-refractivity contribution in [2.45, 2.75) is 25.7 Å². The Morgan fingerprint density at radius 2 is 2.08 bits per heavy atom. The summed E-state index contributed by atoms with van der Waals surface area (Å²) in [6, 6.07) is 11.5. The van der Waals surface area contributed by atoms with E-state index in [2.05, 4.69) is 15.2 Å². The molecule has 6 nitrogen and oxygen atoms in total. The molecule has 132 valence electrons. The maximum atomic E-state index is 12.7. The first-order chi connectivity index (χ1) is 12.7. The monoisotopic (exact) mass is 348 g/mol. The molecular formula is C20H20N4O2. The van der Waals surface area contributed by atoms with Gasteiger partial charge in [0.25, 0.3) is 5.91 Å². The van der Waals surface area contributed by atoms with Crippen LogP contribution in [0.25, 0.3) is 11.5 Å². The molecule has 3 heterocycles. The van der Waals surface area contributed by atoms with Crippen molar-refractivity contribution >= 4 is 5.91 Å². The van der Waals surface area contributed by atoms with Gasteiger partial charge >= 0.3 is 0 Å². The maximum Gasteiger partial charge on any atom is 0.255 e. The molecule has 1 aliphatic heterocycles. The van der Waals surface area contributed by atoms with Gasteiger partial charge < -0.3 is 9.32 Å². The predicted molar refractivity (Wildman–Crippen MR) is 96.6 cm³/mol. The van der Waals surface area contributed by atoms with E-state index in [4.69, 9.17) is 4.42 Å². The smallest absolute Gasteiger partial charge is 0.255 e. The number of amides is 1. The number of carbonyl (C=O) groups is 1. The lowest BCUT2D eigenvalue weighted by atomic mass is 9.97. The molecule has 1 atom stereocenters. The molecule has 0 aliphatic carbocycles. The van der Waals surface area contributed by atoms with Gasteiger partial charge in [-0.15, -0.1) is 10.2 Å². The number of nitrogens with zero attached hydrogens (tertiary/aromatic N) is 4. The molecule has 1 saturated heterocycles. The summed E-state index contributed by atoms with van der Waals surface area (Å²) >= 11 is 0. The number of benzene rings is 1. The van der Waals surface area contributed by atoms with Crippen LogP contribution < -0.4 is 0 Å². The van der Waals surface area contributed by atoms with E-state index in [1.165, 1.54) is 0 Å². The number of likely N-dealkylation sites (tertiary alicyclic amines) is 1. The van der Waals surface area contributed by atoms with Crippen LogP contribution >= 0.6 is 0 Å². The highest BCUT2D eigenvalue weighted by Gasteiger charge is 2.29. The number of piperidine rings is 1. The van der Waals surface area contributed by atoms with Gasteiger partial charge in [0.1, 0.15) is 0 Å². The average molecular weight is 348 g/mol. The van der Waals surface area contributed by atoms with Crippen molar-refractivity contribution in [3.8, 4) is 11.5 Å². The summed E-state index contributed by atoms with van der Waals surface area (Å²) in [4.78, 5) is 18.6. The van der Waals surface area contributed by atoms with Gasteiger partial charge in [0.05, 0.1) is 11.5 Å². The minimum absolute atomic E-state index is 0.00134. The number of aromatic nitrogens is 3. The number of rotatable bonds is 3. The molecular weight excluding hydrogens is 328 g/mol. The lowest BCUT2D eigenvalue weighted by molar-refractivity contribution is 0.0698. The number of hydrogen-bond donors (Lipinski definition) is 0. The summed E-state index contributed by atoms with van der Waals surface area (Å²) < 4.78 is 5.95. The highest BCUT2D eigenvalue weighted by molar-refractivity contribution is 5.93. The van der Waals surface area contributed by atoms with E-state index in [-0.39, 0.29) is 11.8 Å². The van der Waals surface area contributed by atoms with Crippen molar-refractivity contribution in [1.82, 2.24) is 20.1 Å². The summed E-state index contributed by atoms with van der Waals surface area (Å²) in [7, 11) is 0. The number of hydrogen-bond acceptors (Lipinski definition) is 5. The summed E-state index contributed by atoms with van der Waals surface area (Å²) in [5.41, 5.74) is 2.66. The molecule has 3 aromatic rings. The summed E-state index contributed by atoms with van der Waals surface area (Å²) in [5.74, 6) is 1.21. The van der Waals surface area contributed by atoms with E-state index < -0.39 is 0 Å². The van der Waals surface area contributed by atoms with Gasteiger partial charge in [0, 0.05) is 31.0 Å². The zero-order chi connectivity index (χ0) is 17.9. The molecule has 0 saturated carbocycles. The quantitative estimate of drug-likeness (QED) is 0.725. The molecule has 0 radical (unpaired) electrons. The SMILES string of the molecule is Cc1ccccc1-c1nnc(C2CCCN(C(=O)c3cccnc3)C2)o1. The lowest BCUT2D eigenvalue weighted by Gasteiger charge is -2.31. The Morgan fingerprint density at radius 3 is 2.88 bits per heavy atom. The molecule has 0 spiro atoms. The molecule has 0 N–H and O–H groups in total. The second-order valence-corrected chi connectivity index (χ2v) is 6.59. The molecule has 1 fully saturated rings. The van der Waals surface area contributed by atoms with Crippen LogP contribution in [-0.2, 0) is 0 Å². The zero-order valence-electron chi connectivity index (χ0n) is 14.6. The normalized spacial score (nSPS) is 17.3. The first kappa shape index (κ1) is 16.4. The van der Waals surface area contributed by atoms with Crippen LogP contribution in [0.4, 0.5) is 0 Å². The third kappa shape index (κ3) is 3.22. The molecule has 0 bridgehead atoms. The van der Waals surface area contributed by atoms with Crippen LogP contribution in [0.5, 0.6) is 0 Å². The van der Waals surface area contributed by atoms with E-state index in [0.717, 1.165) is 30.5 Å². The van der Waals surface area contributed by atoms with Gasteiger partial charge in [-0.3, -0.25) is 9.78 Å². The predicted octanol–water partition coefficient (Wildman–Crippen LogP) is 3.46. The van der Waals surface area contributed by atoms with Gasteiger partial charge in [-0.2, -0.15) is 0 Å². The molecule has 4 rings (SSSR count). The second kappa shape index (κ2) is 7.07. The van der Waals surface area contributed by atoms with Crippen LogP contribution in [0.15, 0.2) is 53.2 Å². The minimum atomic E-state index is 0.00134. The first-order valence-corrected chi connectivity index (χ1v) is 8.81. The fraction of sp³-hybridized carbons (Fsp3) is 0.300. The minimum Gasteiger partial charge on any atom is -0.420 e. The fourth-order valence-electron chi connectivity index (χ4n) is 3.36. The third-order valence-corrected chi connectivity index (χ3v) is 4.78. The fourth-order valence-corrected chi connectivity index (χ4v) is 3.36. The Labute approximate surface area is 151 Å². The first-order valence-electron chi connectivity index (χ1n) is 8.81. The molecule has 26 heavy (non-hydrogen) atoms. The van der Waals surface area contributed by atoms with E-state index >= 15 is 0 Å². The standard InChI is InChI=1S/C20H20N4O2/c1-14-6-2-3-9-17(14)19-23-22-18(26-19)16-8-5-11-24(13-16)20(25)15-7-4-10-21-12-15/h2-4,6-7,9-10,12,16H,5,8,11,13H2,1H3. The van der Waals surface area contributed by atoms with Crippen molar-refractivity contribution in [2.75, 3.05) is 13.1 Å². The largest absolute Gasteiger partial charge is 0.420 e. The molecule has 1 unspecified atom stereocenters. The Kier molecular flexibility index (Phi) is 4.48. The van der Waals surface area contributed by atoms with Crippen LogP contribution in [0.3, 0.4) is 0 Å². The lowest BCUT2D eigenvalue weighted by Crippen LogP contribution is -2.39. The maximum absolute atomic E-state index is 12.7. The average Bonchev–Trinajstić information content (AvgIpc) is 3.18. The number of pyridine rings is 1. The van der Waals surface area contributed by atoms with Crippen LogP contribution in [0.2, 0.25) is 0 Å². The van der Waals surface area contributed by atoms with Crippen LogP contribution in [0.1, 0.15) is 40.6 Å². The molecule has 2 aromatic heterocycles.